The van der Waals surface area contributed by atoms with Crippen LogP contribution in [-0.4, -0.2) is 65.2 Å². The number of nitrogens with one attached hydrogen (secondary N) is 2. The number of likely N-dealkylation sites (tertiary alicyclic amines) is 1. The van der Waals surface area contributed by atoms with Gasteiger partial charge < -0.3 is 10.2 Å². The van der Waals surface area contributed by atoms with Gasteiger partial charge in [-0.3, -0.25) is 14.8 Å². The van der Waals surface area contributed by atoms with Crippen LogP contribution < -0.4 is 5.32 Å². The van der Waals surface area contributed by atoms with E-state index in [-0.39, 0.29) is 5.91 Å². The van der Waals surface area contributed by atoms with Crippen LogP contribution in [-0.2, 0) is 13.1 Å². The number of carbonyl (C=O) groups is 1. The second kappa shape index (κ2) is 7.59. The predicted molar refractivity (Wildman–Crippen MR) is 122 cm³/mol. The number of hydrogen-bond acceptors (Lipinski definition) is 8. The Morgan fingerprint density at radius 2 is 1.91 bits per heavy atom. The molecule has 1 aromatic carbocycles. The van der Waals surface area contributed by atoms with Crippen molar-refractivity contribution in [3.05, 3.63) is 64.6 Å². The van der Waals surface area contributed by atoms with Crippen molar-refractivity contribution in [1.82, 2.24) is 40.2 Å². The molecule has 0 spiro atoms. The summed E-state index contributed by atoms with van der Waals surface area (Å²) in [5, 5.41) is 13.7. The number of anilines is 2. The van der Waals surface area contributed by atoms with Gasteiger partial charge in [-0.15, -0.1) is 5.10 Å². The summed E-state index contributed by atoms with van der Waals surface area (Å²) in [5.74, 6) is 0.535. The Morgan fingerprint density at radius 1 is 1.09 bits per heavy atom. The first-order valence-electron chi connectivity index (χ1n) is 10.9. The first-order chi connectivity index (χ1) is 16.0. The van der Waals surface area contributed by atoms with Crippen LogP contribution in [0.4, 0.5) is 11.6 Å². The molecule has 0 unspecified atom stereocenters. The Morgan fingerprint density at radius 3 is 2.73 bits per heavy atom. The number of hydrogen-bond donors (Lipinski definition) is 2. The summed E-state index contributed by atoms with van der Waals surface area (Å²) in [6, 6.07) is 10.1. The maximum Gasteiger partial charge on any atom is 0.272 e. The number of rotatable bonds is 4. The van der Waals surface area contributed by atoms with Crippen LogP contribution in [0.1, 0.15) is 32.9 Å². The minimum Gasteiger partial charge on any atom is -0.334 e. The largest absolute Gasteiger partial charge is 0.334 e. The van der Waals surface area contributed by atoms with E-state index in [0.29, 0.717) is 36.4 Å². The zero-order valence-electron chi connectivity index (χ0n) is 18.4. The lowest BCUT2D eigenvalue weighted by molar-refractivity contribution is 0.0244. The first kappa shape index (κ1) is 19.7. The molecule has 0 bridgehead atoms. The molecule has 1 saturated heterocycles. The Labute approximate surface area is 190 Å². The van der Waals surface area contributed by atoms with Crippen molar-refractivity contribution in [3.63, 3.8) is 0 Å². The molecule has 2 aliphatic rings. The van der Waals surface area contributed by atoms with Gasteiger partial charge in [-0.2, -0.15) is 0 Å². The van der Waals surface area contributed by atoms with Gasteiger partial charge in [-0.05, 0) is 49.2 Å². The Hall–Kier alpha value is -3.92. The van der Waals surface area contributed by atoms with E-state index in [4.69, 9.17) is 4.98 Å². The zero-order chi connectivity index (χ0) is 22.5. The summed E-state index contributed by atoms with van der Waals surface area (Å²) in [6.45, 7) is 7.06. The maximum absolute atomic E-state index is 12.8. The number of nitrogens with zero attached hydrogens (tertiary/aromatic N) is 7. The molecule has 10 heteroatoms. The third kappa shape index (κ3) is 3.68. The lowest BCUT2D eigenvalue weighted by Gasteiger charge is -2.43. The van der Waals surface area contributed by atoms with Crippen LogP contribution in [0.15, 0.2) is 36.5 Å². The van der Waals surface area contributed by atoms with Crippen LogP contribution in [0.3, 0.4) is 0 Å². The molecule has 0 radical (unpaired) electrons. The van der Waals surface area contributed by atoms with Crippen LogP contribution in [0, 0.1) is 13.8 Å². The third-order valence-corrected chi connectivity index (χ3v) is 6.23. The number of carbonyl (C=O) groups excluding carboxylic acids is 1. The highest BCUT2D eigenvalue weighted by Gasteiger charge is 2.38. The van der Waals surface area contributed by atoms with E-state index in [2.05, 4.69) is 67.6 Å². The smallest absolute Gasteiger partial charge is 0.272 e. The fourth-order valence-corrected chi connectivity index (χ4v) is 4.54. The van der Waals surface area contributed by atoms with Gasteiger partial charge in [0.25, 0.3) is 5.91 Å². The second-order valence-corrected chi connectivity index (χ2v) is 8.82. The monoisotopic (exact) mass is 441 g/mol. The number of amides is 1. The van der Waals surface area contributed by atoms with Gasteiger partial charge in [-0.1, -0.05) is 11.3 Å². The van der Waals surface area contributed by atoms with Gasteiger partial charge in [0.05, 0.1) is 5.69 Å². The number of H-pyrrole nitrogens is 1. The molecule has 0 saturated carbocycles. The van der Waals surface area contributed by atoms with Gasteiger partial charge in [0.15, 0.2) is 0 Å². The van der Waals surface area contributed by atoms with Crippen molar-refractivity contribution in [1.29, 1.82) is 0 Å². The highest BCUT2D eigenvalue weighted by Crippen LogP contribution is 2.28. The van der Waals surface area contributed by atoms with Crippen LogP contribution in [0.2, 0.25) is 0 Å². The van der Waals surface area contributed by atoms with Crippen molar-refractivity contribution in [3.8, 4) is 0 Å². The SMILES string of the molecule is Cc1cc(C)cc(Nc2ncc3c(n2)CN(C2CN(C(=O)c4ccc5[nH]nnc5n4)C2)C3)c1. The van der Waals surface area contributed by atoms with Crippen LogP contribution >= 0.6 is 0 Å². The average Bonchev–Trinajstić information content (AvgIpc) is 3.37. The second-order valence-electron chi connectivity index (χ2n) is 8.82. The topological polar surface area (TPSA) is 116 Å². The highest BCUT2D eigenvalue weighted by atomic mass is 16.2. The van der Waals surface area contributed by atoms with Crippen molar-refractivity contribution in [2.24, 2.45) is 0 Å². The van der Waals surface area contributed by atoms with E-state index in [0.717, 1.165) is 35.6 Å². The molecule has 3 aromatic heterocycles. The standard InChI is InChI=1S/C23H23N9O/c1-13-5-14(2)7-16(6-13)25-23-24-8-15-9-31(12-20(15)27-23)17-10-32(11-17)22(33)19-4-3-18-21(26-19)29-30-28-18/h3-8,17H,9-12H2,1-2H3,(H,24,25,27)(H,26,28,29,30). The summed E-state index contributed by atoms with van der Waals surface area (Å²) >= 11 is 0. The minimum absolute atomic E-state index is 0.0763. The fraction of sp³-hybridized carbons (Fsp3) is 0.304. The van der Waals surface area contributed by atoms with Gasteiger partial charge in [-0.25, -0.2) is 15.0 Å². The summed E-state index contributed by atoms with van der Waals surface area (Å²) in [7, 11) is 0. The van der Waals surface area contributed by atoms with Gasteiger partial charge in [0.2, 0.25) is 11.6 Å². The molecular formula is C23H23N9O. The van der Waals surface area contributed by atoms with Gasteiger partial charge in [0.1, 0.15) is 11.2 Å². The first-order valence-corrected chi connectivity index (χ1v) is 10.9. The van der Waals surface area contributed by atoms with Gasteiger partial charge in [0, 0.05) is 49.7 Å². The van der Waals surface area contributed by atoms with Crippen molar-refractivity contribution in [2.75, 3.05) is 18.4 Å². The van der Waals surface area contributed by atoms with E-state index in [1.807, 2.05) is 11.1 Å². The van der Waals surface area contributed by atoms with Gasteiger partial charge >= 0.3 is 0 Å². The van der Waals surface area contributed by atoms with Crippen molar-refractivity contribution < 1.29 is 4.79 Å². The fourth-order valence-electron chi connectivity index (χ4n) is 4.54. The number of aromatic amines is 1. The zero-order valence-corrected chi connectivity index (χ0v) is 18.4. The van der Waals surface area contributed by atoms with E-state index in [1.165, 1.54) is 11.1 Å². The molecule has 6 rings (SSSR count). The lowest BCUT2D eigenvalue weighted by atomic mass is 10.1. The molecular weight excluding hydrogens is 418 g/mol. The Kier molecular flexibility index (Phi) is 4.54. The molecule has 1 fully saturated rings. The third-order valence-electron chi connectivity index (χ3n) is 6.23. The number of fused-ring (bicyclic) bond motifs is 2. The van der Waals surface area contributed by atoms with Crippen molar-refractivity contribution in [2.45, 2.75) is 33.0 Å². The Balaban J connectivity index is 1.09. The average molecular weight is 441 g/mol. The summed E-state index contributed by atoms with van der Waals surface area (Å²) in [4.78, 5) is 30.6. The van der Waals surface area contributed by atoms with E-state index in [9.17, 15) is 4.79 Å². The predicted octanol–water partition coefficient (Wildman–Crippen LogP) is 2.34. The molecule has 5 heterocycles. The molecule has 2 N–H and O–H groups in total. The number of aromatic nitrogens is 6. The molecule has 2 aliphatic heterocycles. The van der Waals surface area contributed by atoms with Crippen molar-refractivity contribution >= 4 is 28.7 Å². The molecule has 33 heavy (non-hydrogen) atoms. The number of benzene rings is 1. The van der Waals surface area contributed by atoms with E-state index >= 15 is 0 Å². The van der Waals surface area contributed by atoms with E-state index < -0.39 is 0 Å². The summed E-state index contributed by atoms with van der Waals surface area (Å²) < 4.78 is 0. The lowest BCUT2D eigenvalue weighted by Crippen LogP contribution is -2.59. The minimum atomic E-state index is -0.0763. The summed E-state index contributed by atoms with van der Waals surface area (Å²) in [6.07, 6.45) is 1.91. The molecule has 10 nitrogen and oxygen atoms in total. The van der Waals surface area contributed by atoms with Crippen LogP contribution in [0.5, 0.6) is 0 Å². The Bertz CT molecular complexity index is 1360. The molecule has 0 atom stereocenters. The molecule has 1 amide bonds. The maximum atomic E-state index is 12.8. The molecule has 0 aliphatic carbocycles. The molecule has 4 aromatic rings. The highest BCUT2D eigenvalue weighted by molar-refractivity contribution is 5.94. The van der Waals surface area contributed by atoms with Crippen LogP contribution in [0.25, 0.3) is 11.2 Å². The number of pyridine rings is 1. The van der Waals surface area contributed by atoms with E-state index in [1.54, 1.807) is 12.1 Å². The normalized spacial score (nSPS) is 16.1. The number of aryl methyl sites for hydroxylation is 2. The summed E-state index contributed by atoms with van der Waals surface area (Å²) in [5.41, 5.74) is 7.14. The quantitative estimate of drug-likeness (QED) is 0.496. The molecule has 166 valence electrons.